The fourth-order valence-corrected chi connectivity index (χ4v) is 3.18. The van der Waals surface area contributed by atoms with Gasteiger partial charge in [0.1, 0.15) is 0 Å². The molecule has 0 spiro atoms. The Balaban J connectivity index is 1.61. The molecule has 2 unspecified atom stereocenters. The fraction of sp³-hybridized carbons (Fsp3) is 0.857. The zero-order chi connectivity index (χ0) is 13.2. The molecular weight excluding hydrogens is 242 g/mol. The molecule has 2 amide bonds. The van der Waals surface area contributed by atoms with Gasteiger partial charge in [-0.25, -0.2) is 0 Å². The summed E-state index contributed by atoms with van der Waals surface area (Å²) in [6, 6.07) is 0.904. The van der Waals surface area contributed by atoms with Crippen LogP contribution in [-0.2, 0) is 9.59 Å². The summed E-state index contributed by atoms with van der Waals surface area (Å²) in [6.45, 7) is 2.56. The smallest absolute Gasteiger partial charge is 0.226 e. The van der Waals surface area contributed by atoms with Crippen LogP contribution in [0.5, 0.6) is 0 Å². The number of hydrogen-bond acceptors (Lipinski definition) is 3. The molecular formula is C14H23N3O2. The highest BCUT2D eigenvalue weighted by Gasteiger charge is 2.38. The van der Waals surface area contributed by atoms with E-state index in [1.165, 1.54) is 12.8 Å². The average molecular weight is 265 g/mol. The van der Waals surface area contributed by atoms with Crippen LogP contribution in [0.2, 0.25) is 0 Å². The van der Waals surface area contributed by atoms with Gasteiger partial charge < -0.3 is 15.5 Å². The number of carbonyl (C=O) groups is 2. The van der Waals surface area contributed by atoms with Crippen molar-refractivity contribution in [2.75, 3.05) is 19.6 Å². The summed E-state index contributed by atoms with van der Waals surface area (Å²) in [7, 11) is 0. The summed E-state index contributed by atoms with van der Waals surface area (Å²) in [5, 5.41) is 6.26. The van der Waals surface area contributed by atoms with Crippen molar-refractivity contribution < 1.29 is 9.59 Å². The van der Waals surface area contributed by atoms with Crippen molar-refractivity contribution in [1.29, 1.82) is 0 Å². The number of nitrogens with zero attached hydrogens (tertiary/aromatic N) is 1. The zero-order valence-corrected chi connectivity index (χ0v) is 11.4. The van der Waals surface area contributed by atoms with Crippen LogP contribution in [0.25, 0.3) is 0 Å². The summed E-state index contributed by atoms with van der Waals surface area (Å²) in [5.74, 6) is 0.154. The monoisotopic (exact) mass is 265 g/mol. The Morgan fingerprint density at radius 3 is 2.68 bits per heavy atom. The van der Waals surface area contributed by atoms with Gasteiger partial charge in [-0.2, -0.15) is 0 Å². The Morgan fingerprint density at radius 1 is 1.21 bits per heavy atom. The molecule has 0 aromatic rings. The molecule has 106 valence electrons. The van der Waals surface area contributed by atoms with Crippen molar-refractivity contribution in [2.45, 2.75) is 50.6 Å². The second-order valence-electron chi connectivity index (χ2n) is 6.05. The third-order valence-corrected chi connectivity index (χ3v) is 4.45. The molecule has 0 bridgehead atoms. The molecule has 2 N–H and O–H groups in total. The second kappa shape index (κ2) is 5.49. The van der Waals surface area contributed by atoms with Crippen LogP contribution in [0.3, 0.4) is 0 Å². The van der Waals surface area contributed by atoms with Crippen LogP contribution in [-0.4, -0.2) is 48.4 Å². The van der Waals surface area contributed by atoms with Crippen molar-refractivity contribution in [1.82, 2.24) is 15.5 Å². The summed E-state index contributed by atoms with van der Waals surface area (Å²) in [6.07, 6.45) is 5.83. The van der Waals surface area contributed by atoms with Crippen LogP contribution in [0.15, 0.2) is 0 Å². The van der Waals surface area contributed by atoms with E-state index in [9.17, 15) is 9.59 Å². The average Bonchev–Trinajstić information content (AvgIpc) is 3.12. The van der Waals surface area contributed by atoms with Crippen molar-refractivity contribution in [2.24, 2.45) is 5.92 Å². The fourth-order valence-electron chi connectivity index (χ4n) is 3.18. The van der Waals surface area contributed by atoms with Gasteiger partial charge in [0.15, 0.2) is 0 Å². The van der Waals surface area contributed by atoms with Crippen LogP contribution < -0.4 is 10.6 Å². The summed E-state index contributed by atoms with van der Waals surface area (Å²) < 4.78 is 0. The Morgan fingerprint density at radius 2 is 2.05 bits per heavy atom. The summed E-state index contributed by atoms with van der Waals surface area (Å²) in [4.78, 5) is 26.1. The Kier molecular flexibility index (Phi) is 3.73. The van der Waals surface area contributed by atoms with Crippen molar-refractivity contribution in [3.63, 3.8) is 0 Å². The topological polar surface area (TPSA) is 61.4 Å². The molecule has 2 atom stereocenters. The third-order valence-electron chi connectivity index (χ3n) is 4.45. The SMILES string of the molecule is O=C1CC(C(=O)N(CC2CCCN2)C2CC2)CCN1. The molecule has 0 radical (unpaired) electrons. The van der Waals surface area contributed by atoms with E-state index in [1.54, 1.807) is 0 Å². The molecule has 3 rings (SSSR count). The first-order valence-electron chi connectivity index (χ1n) is 7.54. The van der Waals surface area contributed by atoms with Gasteiger partial charge in [0.2, 0.25) is 11.8 Å². The van der Waals surface area contributed by atoms with Gasteiger partial charge in [0, 0.05) is 37.5 Å². The number of amides is 2. The molecule has 2 saturated heterocycles. The Hall–Kier alpha value is -1.10. The molecule has 1 aliphatic carbocycles. The van der Waals surface area contributed by atoms with Crippen LogP contribution in [0, 0.1) is 5.92 Å². The molecule has 5 nitrogen and oxygen atoms in total. The lowest BCUT2D eigenvalue weighted by Crippen LogP contribution is -2.47. The molecule has 0 aromatic heterocycles. The largest absolute Gasteiger partial charge is 0.356 e. The molecule has 0 aromatic carbocycles. The maximum absolute atomic E-state index is 12.6. The number of hydrogen-bond donors (Lipinski definition) is 2. The highest BCUT2D eigenvalue weighted by molar-refractivity contribution is 5.87. The van der Waals surface area contributed by atoms with E-state index in [4.69, 9.17) is 0 Å². The first-order valence-corrected chi connectivity index (χ1v) is 7.54. The van der Waals surface area contributed by atoms with Gasteiger partial charge in [-0.3, -0.25) is 9.59 Å². The van der Waals surface area contributed by atoms with Gasteiger partial charge in [-0.05, 0) is 38.6 Å². The van der Waals surface area contributed by atoms with Gasteiger partial charge in [0.05, 0.1) is 0 Å². The van der Waals surface area contributed by atoms with E-state index >= 15 is 0 Å². The number of piperidine rings is 1. The molecule has 3 aliphatic rings. The normalized spacial score (nSPS) is 31.1. The van der Waals surface area contributed by atoms with Gasteiger partial charge >= 0.3 is 0 Å². The molecule has 1 saturated carbocycles. The lowest BCUT2D eigenvalue weighted by atomic mass is 9.95. The predicted octanol–water partition coefficient (Wildman–Crippen LogP) is 0.256. The van der Waals surface area contributed by atoms with E-state index < -0.39 is 0 Å². The summed E-state index contributed by atoms with van der Waals surface area (Å²) >= 11 is 0. The molecule has 19 heavy (non-hydrogen) atoms. The van der Waals surface area contributed by atoms with E-state index in [1.807, 2.05) is 0 Å². The Labute approximate surface area is 114 Å². The molecule has 2 heterocycles. The van der Waals surface area contributed by atoms with E-state index in [0.29, 0.717) is 25.0 Å². The van der Waals surface area contributed by atoms with E-state index in [2.05, 4.69) is 15.5 Å². The van der Waals surface area contributed by atoms with Gasteiger partial charge in [-0.1, -0.05) is 0 Å². The van der Waals surface area contributed by atoms with Crippen molar-refractivity contribution >= 4 is 11.8 Å². The second-order valence-corrected chi connectivity index (χ2v) is 6.05. The number of carbonyl (C=O) groups excluding carboxylic acids is 2. The van der Waals surface area contributed by atoms with E-state index in [0.717, 1.165) is 32.4 Å². The molecule has 2 aliphatic heterocycles. The zero-order valence-electron chi connectivity index (χ0n) is 11.4. The first-order chi connectivity index (χ1) is 9.24. The maximum Gasteiger partial charge on any atom is 0.226 e. The Bertz CT molecular complexity index is 362. The molecule has 3 fully saturated rings. The van der Waals surface area contributed by atoms with Crippen molar-refractivity contribution in [3.8, 4) is 0 Å². The quantitative estimate of drug-likeness (QED) is 0.766. The number of rotatable bonds is 4. The minimum atomic E-state index is -0.0873. The minimum absolute atomic E-state index is 0.0272. The van der Waals surface area contributed by atoms with Crippen LogP contribution >= 0.6 is 0 Å². The van der Waals surface area contributed by atoms with Crippen LogP contribution in [0.4, 0.5) is 0 Å². The van der Waals surface area contributed by atoms with Gasteiger partial charge in [-0.15, -0.1) is 0 Å². The maximum atomic E-state index is 12.6. The summed E-state index contributed by atoms with van der Waals surface area (Å²) in [5.41, 5.74) is 0. The molecule has 5 heteroatoms. The van der Waals surface area contributed by atoms with Crippen LogP contribution in [0.1, 0.15) is 38.5 Å². The van der Waals surface area contributed by atoms with E-state index in [-0.39, 0.29) is 17.7 Å². The highest BCUT2D eigenvalue weighted by atomic mass is 16.2. The third kappa shape index (κ3) is 3.08. The standard InChI is InChI=1S/C14H23N3O2/c18-13-8-10(5-7-16-13)14(19)17(12-3-4-12)9-11-2-1-6-15-11/h10-12,15H,1-9H2,(H,16,18). The van der Waals surface area contributed by atoms with Gasteiger partial charge in [0.25, 0.3) is 0 Å². The first kappa shape index (κ1) is 12.9. The highest BCUT2D eigenvalue weighted by Crippen LogP contribution is 2.30. The lowest BCUT2D eigenvalue weighted by molar-refractivity contribution is -0.140. The minimum Gasteiger partial charge on any atom is -0.356 e. The lowest BCUT2D eigenvalue weighted by Gasteiger charge is -2.31. The number of nitrogens with one attached hydrogen (secondary N) is 2. The van der Waals surface area contributed by atoms with Crippen molar-refractivity contribution in [3.05, 3.63) is 0 Å². The predicted molar refractivity (Wildman–Crippen MR) is 71.5 cm³/mol.